The van der Waals surface area contributed by atoms with Crippen molar-refractivity contribution in [3.8, 4) is 0 Å². The van der Waals surface area contributed by atoms with Crippen LogP contribution in [0.2, 0.25) is 0 Å². The molecule has 0 bridgehead atoms. The molecule has 2 N–H and O–H groups in total. The van der Waals surface area contributed by atoms with Crippen LogP contribution in [0.25, 0.3) is 16.5 Å². The number of aromatic nitrogens is 2. The van der Waals surface area contributed by atoms with E-state index < -0.39 is 23.7 Å². The summed E-state index contributed by atoms with van der Waals surface area (Å²) in [6.07, 6.45) is 0.250. The third kappa shape index (κ3) is 3.02. The number of rotatable bonds is 2. The van der Waals surface area contributed by atoms with Crippen molar-refractivity contribution in [2.24, 2.45) is 5.92 Å². The summed E-state index contributed by atoms with van der Waals surface area (Å²) in [5.74, 6) is -0.446. The Kier molecular flexibility index (Phi) is 4.55. The first-order valence-corrected chi connectivity index (χ1v) is 10.4. The van der Waals surface area contributed by atoms with Gasteiger partial charge in [-0.1, -0.05) is 36.4 Å². The molecule has 1 heterocycles. The molecule has 2 aromatic carbocycles. The van der Waals surface area contributed by atoms with Crippen molar-refractivity contribution in [2.75, 3.05) is 5.32 Å². The van der Waals surface area contributed by atoms with E-state index in [-0.39, 0.29) is 6.42 Å². The van der Waals surface area contributed by atoms with E-state index in [0.29, 0.717) is 46.4 Å². The Labute approximate surface area is 177 Å². The summed E-state index contributed by atoms with van der Waals surface area (Å²) in [6.45, 7) is 1.76. The molecular formula is C24H22F3N3O. The minimum atomic E-state index is -4.82. The van der Waals surface area contributed by atoms with Gasteiger partial charge in [-0.25, -0.2) is 9.97 Å². The van der Waals surface area contributed by atoms with Crippen molar-refractivity contribution in [2.45, 2.75) is 44.0 Å². The molecule has 2 aliphatic carbocycles. The molecule has 0 amide bonds. The van der Waals surface area contributed by atoms with Gasteiger partial charge in [0, 0.05) is 23.2 Å². The topological polar surface area (TPSA) is 58.0 Å². The van der Waals surface area contributed by atoms with Crippen LogP contribution in [0.1, 0.15) is 42.3 Å². The summed E-state index contributed by atoms with van der Waals surface area (Å²) in [6, 6.07) is 10.9. The fraction of sp³-hybridized carbons (Fsp3) is 0.333. The Morgan fingerprint density at radius 1 is 1.13 bits per heavy atom. The zero-order valence-corrected chi connectivity index (χ0v) is 16.9. The fourth-order valence-electron chi connectivity index (χ4n) is 5.06. The lowest BCUT2D eigenvalue weighted by Crippen LogP contribution is -2.60. The summed E-state index contributed by atoms with van der Waals surface area (Å²) >= 11 is 0. The van der Waals surface area contributed by atoms with Gasteiger partial charge in [0.15, 0.2) is 5.60 Å². The molecule has 0 fully saturated rings. The Hall–Kier alpha value is -2.93. The normalized spacial score (nSPS) is 25.5. The highest BCUT2D eigenvalue weighted by Crippen LogP contribution is 2.57. The number of allylic oxidation sites excluding steroid dienone is 1. The van der Waals surface area contributed by atoms with Crippen molar-refractivity contribution in [1.29, 1.82) is 0 Å². The van der Waals surface area contributed by atoms with Crippen LogP contribution in [-0.2, 0) is 0 Å². The number of aryl methyl sites for hydroxylation is 1. The number of hydrogen-bond donors (Lipinski definition) is 2. The van der Waals surface area contributed by atoms with E-state index in [1.807, 2.05) is 18.2 Å². The van der Waals surface area contributed by atoms with E-state index in [1.165, 1.54) is 0 Å². The Balaban J connectivity index is 1.72. The number of benzene rings is 2. The zero-order chi connectivity index (χ0) is 21.8. The highest BCUT2D eigenvalue weighted by Gasteiger charge is 2.66. The van der Waals surface area contributed by atoms with Crippen LogP contribution in [0.4, 0.5) is 18.9 Å². The number of nitrogens with zero attached hydrogens (tertiary/aromatic N) is 2. The summed E-state index contributed by atoms with van der Waals surface area (Å²) in [5.41, 5.74) is -0.0423. The number of anilines is 1. The highest BCUT2D eigenvalue weighted by atomic mass is 19.4. The summed E-state index contributed by atoms with van der Waals surface area (Å²) in [7, 11) is 0. The maximum atomic E-state index is 14.6. The van der Waals surface area contributed by atoms with Crippen LogP contribution in [0.5, 0.6) is 0 Å². The SMILES string of the molecule is Cc1ncc2c(NC3c4ccccc4C4=CCCCC4C3(O)C(F)(F)F)cccc2n1. The lowest BCUT2D eigenvalue weighted by molar-refractivity contribution is -0.281. The van der Waals surface area contributed by atoms with Crippen LogP contribution < -0.4 is 5.32 Å². The van der Waals surface area contributed by atoms with E-state index in [2.05, 4.69) is 15.3 Å². The molecule has 0 aliphatic heterocycles. The maximum Gasteiger partial charge on any atom is 0.420 e. The lowest BCUT2D eigenvalue weighted by atomic mass is 9.62. The minimum absolute atomic E-state index is 0.284. The molecule has 160 valence electrons. The predicted octanol–water partition coefficient (Wildman–Crippen LogP) is 5.58. The minimum Gasteiger partial charge on any atom is -0.378 e. The van der Waals surface area contributed by atoms with Gasteiger partial charge in [0.25, 0.3) is 0 Å². The molecular weight excluding hydrogens is 403 g/mol. The van der Waals surface area contributed by atoms with Gasteiger partial charge in [0.2, 0.25) is 0 Å². The lowest BCUT2D eigenvalue weighted by Gasteiger charge is -2.50. The van der Waals surface area contributed by atoms with E-state index in [0.717, 1.165) is 5.56 Å². The molecule has 0 spiro atoms. The average molecular weight is 425 g/mol. The largest absolute Gasteiger partial charge is 0.420 e. The Morgan fingerprint density at radius 2 is 1.94 bits per heavy atom. The second-order valence-electron chi connectivity index (χ2n) is 8.29. The molecule has 4 nitrogen and oxygen atoms in total. The molecule has 3 atom stereocenters. The van der Waals surface area contributed by atoms with Crippen molar-refractivity contribution >= 4 is 22.2 Å². The van der Waals surface area contributed by atoms with Crippen LogP contribution in [0.3, 0.4) is 0 Å². The van der Waals surface area contributed by atoms with Crippen molar-refractivity contribution in [1.82, 2.24) is 9.97 Å². The maximum absolute atomic E-state index is 14.6. The quantitative estimate of drug-likeness (QED) is 0.563. The number of aliphatic hydroxyl groups is 1. The molecule has 7 heteroatoms. The van der Waals surface area contributed by atoms with E-state index in [9.17, 15) is 18.3 Å². The van der Waals surface area contributed by atoms with E-state index in [4.69, 9.17) is 0 Å². The molecule has 0 radical (unpaired) electrons. The summed E-state index contributed by atoms with van der Waals surface area (Å²) in [5, 5.41) is 15.1. The summed E-state index contributed by atoms with van der Waals surface area (Å²) < 4.78 is 43.7. The number of nitrogens with one attached hydrogen (secondary N) is 1. The van der Waals surface area contributed by atoms with Crippen molar-refractivity contribution in [3.05, 3.63) is 71.7 Å². The second-order valence-corrected chi connectivity index (χ2v) is 8.29. The standard InChI is InChI=1S/C24H22F3N3O/c1-14-28-13-18-20(29-14)11-6-12-21(18)30-22-17-9-3-2-7-15(17)16-8-4-5-10-19(16)23(22,31)24(25,26)27/h2-3,6-9,11-13,19,22,30-31H,4-5,10H2,1H3. The Morgan fingerprint density at radius 3 is 2.74 bits per heavy atom. The van der Waals surface area contributed by atoms with Gasteiger partial charge in [-0.15, -0.1) is 0 Å². The zero-order valence-electron chi connectivity index (χ0n) is 16.9. The van der Waals surface area contributed by atoms with Gasteiger partial charge in [0.1, 0.15) is 5.82 Å². The molecule has 0 saturated carbocycles. The molecule has 31 heavy (non-hydrogen) atoms. The molecule has 3 unspecified atom stereocenters. The monoisotopic (exact) mass is 425 g/mol. The van der Waals surface area contributed by atoms with E-state index >= 15 is 0 Å². The van der Waals surface area contributed by atoms with Gasteiger partial charge in [-0.3, -0.25) is 0 Å². The second kappa shape index (κ2) is 7.05. The number of hydrogen-bond acceptors (Lipinski definition) is 4. The fourth-order valence-corrected chi connectivity index (χ4v) is 5.06. The predicted molar refractivity (Wildman–Crippen MR) is 113 cm³/mol. The Bertz CT molecular complexity index is 1190. The number of fused-ring (bicyclic) bond motifs is 4. The van der Waals surface area contributed by atoms with Crippen molar-refractivity contribution in [3.63, 3.8) is 0 Å². The van der Waals surface area contributed by atoms with Gasteiger partial charge >= 0.3 is 6.18 Å². The van der Waals surface area contributed by atoms with Gasteiger partial charge in [0.05, 0.1) is 11.6 Å². The molecule has 2 aliphatic rings. The molecule has 5 rings (SSSR count). The van der Waals surface area contributed by atoms with Crippen LogP contribution in [-0.4, -0.2) is 26.9 Å². The third-order valence-corrected chi connectivity index (χ3v) is 6.49. The smallest absolute Gasteiger partial charge is 0.378 e. The average Bonchev–Trinajstić information content (AvgIpc) is 2.75. The van der Waals surface area contributed by atoms with Gasteiger partial charge in [-0.2, -0.15) is 13.2 Å². The van der Waals surface area contributed by atoms with Gasteiger partial charge < -0.3 is 10.4 Å². The van der Waals surface area contributed by atoms with Crippen LogP contribution in [0, 0.1) is 12.8 Å². The first kappa shape index (κ1) is 20.0. The summed E-state index contributed by atoms with van der Waals surface area (Å²) in [4.78, 5) is 8.59. The molecule has 0 saturated heterocycles. The highest BCUT2D eigenvalue weighted by molar-refractivity contribution is 5.91. The van der Waals surface area contributed by atoms with Crippen LogP contribution >= 0.6 is 0 Å². The first-order valence-electron chi connectivity index (χ1n) is 10.4. The third-order valence-electron chi connectivity index (χ3n) is 6.49. The molecule has 1 aromatic heterocycles. The van der Waals surface area contributed by atoms with Crippen molar-refractivity contribution < 1.29 is 18.3 Å². The first-order chi connectivity index (χ1) is 14.8. The number of alkyl halides is 3. The van der Waals surface area contributed by atoms with E-state index in [1.54, 1.807) is 43.5 Å². The molecule has 3 aromatic rings. The number of halogens is 3. The van der Waals surface area contributed by atoms with Crippen LogP contribution in [0.15, 0.2) is 54.7 Å². The van der Waals surface area contributed by atoms with Gasteiger partial charge in [-0.05, 0) is 55.0 Å².